The number of amides is 1. The molecule has 1 N–H and O–H groups in total. The van der Waals surface area contributed by atoms with Crippen LogP contribution in [0.25, 0.3) is 10.8 Å². The molecular formula is C25H30N2O2. The maximum Gasteiger partial charge on any atom is 0.265 e. The molecule has 0 unspecified atom stereocenters. The third-order valence-electron chi connectivity index (χ3n) is 5.20. The predicted molar refractivity (Wildman–Crippen MR) is 120 cm³/mol. The third kappa shape index (κ3) is 5.36. The Bertz CT molecular complexity index is 928. The summed E-state index contributed by atoms with van der Waals surface area (Å²) in [4.78, 5) is 15.2. The number of hydrogen-bond acceptors (Lipinski definition) is 3. The third-order valence-corrected chi connectivity index (χ3v) is 5.20. The molecule has 0 bridgehead atoms. The first kappa shape index (κ1) is 20.9. The van der Waals surface area contributed by atoms with Crippen molar-refractivity contribution in [2.24, 2.45) is 0 Å². The first-order valence-electron chi connectivity index (χ1n) is 10.4. The van der Waals surface area contributed by atoms with Gasteiger partial charge in [0.05, 0.1) is 0 Å². The average Bonchev–Trinajstić information content (AvgIpc) is 2.76. The van der Waals surface area contributed by atoms with Crippen molar-refractivity contribution >= 4 is 22.4 Å². The lowest BCUT2D eigenvalue weighted by molar-refractivity contribution is -0.122. The second-order valence-corrected chi connectivity index (χ2v) is 7.14. The van der Waals surface area contributed by atoms with Crippen LogP contribution in [0.1, 0.15) is 32.8 Å². The fourth-order valence-electron chi connectivity index (χ4n) is 3.40. The lowest BCUT2D eigenvalue weighted by Gasteiger charge is -2.19. The van der Waals surface area contributed by atoms with Gasteiger partial charge in [-0.2, -0.15) is 0 Å². The smallest absolute Gasteiger partial charge is 0.265 e. The number of carbonyl (C=O) groups excluding carboxylic acids is 1. The van der Waals surface area contributed by atoms with Gasteiger partial charge in [-0.05, 0) is 48.7 Å². The number of anilines is 1. The highest BCUT2D eigenvalue weighted by molar-refractivity contribution is 5.95. The average molecular weight is 391 g/mol. The summed E-state index contributed by atoms with van der Waals surface area (Å²) in [7, 11) is 0. The minimum atomic E-state index is -0.545. The molecule has 0 spiro atoms. The van der Waals surface area contributed by atoms with Crippen molar-refractivity contribution in [3.8, 4) is 5.75 Å². The molecule has 0 saturated heterocycles. The molecular weight excluding hydrogens is 360 g/mol. The molecule has 0 aromatic heterocycles. The molecule has 29 heavy (non-hydrogen) atoms. The predicted octanol–water partition coefficient (Wildman–Crippen LogP) is 5.48. The number of nitrogens with zero attached hydrogens (tertiary/aromatic N) is 1. The second kappa shape index (κ2) is 10.1. The highest BCUT2D eigenvalue weighted by atomic mass is 16.5. The van der Waals surface area contributed by atoms with Crippen LogP contribution in [-0.4, -0.2) is 30.0 Å². The number of rotatable bonds is 9. The van der Waals surface area contributed by atoms with Crippen molar-refractivity contribution < 1.29 is 9.53 Å². The maximum atomic E-state index is 12.8. The van der Waals surface area contributed by atoms with Crippen LogP contribution in [0.5, 0.6) is 5.75 Å². The van der Waals surface area contributed by atoms with E-state index in [1.807, 2.05) is 61.5 Å². The summed E-state index contributed by atoms with van der Waals surface area (Å²) >= 11 is 0. The Labute approximate surface area is 173 Å². The summed E-state index contributed by atoms with van der Waals surface area (Å²) < 4.78 is 6.10. The van der Waals surface area contributed by atoms with Gasteiger partial charge in [0, 0.05) is 17.6 Å². The molecule has 0 saturated carbocycles. The zero-order valence-electron chi connectivity index (χ0n) is 17.5. The Morgan fingerprint density at radius 3 is 2.31 bits per heavy atom. The molecule has 1 amide bonds. The molecule has 0 heterocycles. The Morgan fingerprint density at radius 2 is 1.62 bits per heavy atom. The van der Waals surface area contributed by atoms with Gasteiger partial charge >= 0.3 is 0 Å². The maximum absolute atomic E-state index is 12.8. The Morgan fingerprint density at radius 1 is 0.931 bits per heavy atom. The summed E-state index contributed by atoms with van der Waals surface area (Å²) in [6.07, 6.45) is 0.0471. The van der Waals surface area contributed by atoms with Crippen molar-refractivity contribution in [2.75, 3.05) is 18.4 Å². The van der Waals surface area contributed by atoms with Crippen molar-refractivity contribution in [1.82, 2.24) is 4.90 Å². The quantitative estimate of drug-likeness (QED) is 0.526. The number of nitrogens with one attached hydrogen (secondary N) is 1. The van der Waals surface area contributed by atoms with Gasteiger partial charge in [0.15, 0.2) is 6.10 Å². The van der Waals surface area contributed by atoms with E-state index in [0.29, 0.717) is 6.42 Å². The molecule has 0 radical (unpaired) electrons. The van der Waals surface area contributed by atoms with E-state index in [0.717, 1.165) is 41.8 Å². The Hall–Kier alpha value is -2.85. The van der Waals surface area contributed by atoms with Gasteiger partial charge in [-0.15, -0.1) is 0 Å². The van der Waals surface area contributed by atoms with E-state index >= 15 is 0 Å². The lowest BCUT2D eigenvalue weighted by atomic mass is 10.1. The Kier molecular flexibility index (Phi) is 7.25. The highest BCUT2D eigenvalue weighted by Crippen LogP contribution is 2.26. The minimum Gasteiger partial charge on any atom is -0.480 e. The molecule has 152 valence electrons. The number of ether oxygens (including phenoxy) is 1. The van der Waals surface area contributed by atoms with Crippen LogP contribution >= 0.6 is 0 Å². The molecule has 1 atom stereocenters. The van der Waals surface area contributed by atoms with Gasteiger partial charge in [0.2, 0.25) is 0 Å². The van der Waals surface area contributed by atoms with Gasteiger partial charge in [-0.1, -0.05) is 69.3 Å². The first-order chi connectivity index (χ1) is 14.1. The molecule has 3 rings (SSSR count). The summed E-state index contributed by atoms with van der Waals surface area (Å²) in [5.74, 6) is 0.608. The number of hydrogen-bond donors (Lipinski definition) is 1. The van der Waals surface area contributed by atoms with E-state index in [2.05, 4.69) is 36.2 Å². The van der Waals surface area contributed by atoms with Crippen molar-refractivity contribution in [1.29, 1.82) is 0 Å². The van der Waals surface area contributed by atoms with E-state index in [4.69, 9.17) is 4.74 Å². The fraction of sp³-hybridized carbons (Fsp3) is 0.320. The van der Waals surface area contributed by atoms with Crippen LogP contribution in [-0.2, 0) is 11.3 Å². The second-order valence-electron chi connectivity index (χ2n) is 7.14. The number of benzene rings is 3. The monoisotopic (exact) mass is 390 g/mol. The van der Waals surface area contributed by atoms with E-state index in [1.165, 1.54) is 5.56 Å². The first-order valence-corrected chi connectivity index (χ1v) is 10.4. The highest BCUT2D eigenvalue weighted by Gasteiger charge is 2.19. The zero-order valence-corrected chi connectivity index (χ0v) is 17.5. The molecule has 0 aliphatic carbocycles. The normalized spacial score (nSPS) is 12.1. The van der Waals surface area contributed by atoms with Crippen molar-refractivity contribution in [2.45, 2.75) is 39.8 Å². The standard InChI is InChI=1S/C25H30N2O2/c1-4-23(29-24-13-9-11-20-10-7-8-12-22(20)24)25(28)26-21-16-14-19(15-17-21)18-27(5-2)6-3/h7-17,23H,4-6,18H2,1-3H3,(H,26,28)/t23-/m0/s1. The van der Waals surface area contributed by atoms with Crippen LogP contribution in [0, 0.1) is 0 Å². The van der Waals surface area contributed by atoms with Crippen LogP contribution in [0.2, 0.25) is 0 Å². The molecule has 3 aromatic rings. The molecule has 4 heteroatoms. The van der Waals surface area contributed by atoms with Gasteiger partial charge in [0.1, 0.15) is 5.75 Å². The van der Waals surface area contributed by atoms with E-state index in [1.54, 1.807) is 0 Å². The largest absolute Gasteiger partial charge is 0.480 e. The molecule has 0 aliphatic heterocycles. The van der Waals surface area contributed by atoms with Crippen LogP contribution in [0.4, 0.5) is 5.69 Å². The van der Waals surface area contributed by atoms with E-state index < -0.39 is 6.10 Å². The minimum absolute atomic E-state index is 0.128. The van der Waals surface area contributed by atoms with Gasteiger partial charge in [-0.25, -0.2) is 0 Å². The van der Waals surface area contributed by atoms with Crippen LogP contribution < -0.4 is 10.1 Å². The van der Waals surface area contributed by atoms with E-state index in [9.17, 15) is 4.79 Å². The summed E-state index contributed by atoms with van der Waals surface area (Å²) in [5.41, 5.74) is 2.03. The molecule has 0 aliphatic rings. The number of fused-ring (bicyclic) bond motifs is 1. The van der Waals surface area contributed by atoms with Gasteiger partial charge < -0.3 is 10.1 Å². The lowest BCUT2D eigenvalue weighted by Crippen LogP contribution is -2.32. The number of carbonyl (C=O) groups is 1. The van der Waals surface area contributed by atoms with Crippen molar-refractivity contribution in [3.05, 3.63) is 72.3 Å². The SMILES string of the molecule is CC[C@H](Oc1cccc2ccccc12)C(=O)Nc1ccc(CN(CC)CC)cc1. The van der Waals surface area contributed by atoms with Crippen LogP contribution in [0.15, 0.2) is 66.7 Å². The molecule has 0 fully saturated rings. The summed E-state index contributed by atoms with van der Waals surface area (Å²) in [6.45, 7) is 9.26. The van der Waals surface area contributed by atoms with Crippen LogP contribution in [0.3, 0.4) is 0 Å². The topological polar surface area (TPSA) is 41.6 Å². The van der Waals surface area contributed by atoms with Gasteiger partial charge in [-0.3, -0.25) is 9.69 Å². The van der Waals surface area contributed by atoms with Crippen molar-refractivity contribution in [3.63, 3.8) is 0 Å². The summed E-state index contributed by atoms with van der Waals surface area (Å²) in [5, 5.41) is 5.11. The molecule has 4 nitrogen and oxygen atoms in total. The fourth-order valence-corrected chi connectivity index (χ4v) is 3.40. The summed E-state index contributed by atoms with van der Waals surface area (Å²) in [6, 6.07) is 22.0. The Balaban J connectivity index is 1.67. The van der Waals surface area contributed by atoms with Gasteiger partial charge in [0.25, 0.3) is 5.91 Å². The molecule has 3 aromatic carbocycles. The van der Waals surface area contributed by atoms with E-state index in [-0.39, 0.29) is 5.91 Å². The zero-order chi connectivity index (χ0) is 20.6.